The molecule has 104 valence electrons. The molecule has 18 heavy (non-hydrogen) atoms. The number of rotatable bonds is 3. The predicted molar refractivity (Wildman–Crippen MR) is 66.4 cm³/mol. The van der Waals surface area contributed by atoms with Crippen LogP contribution in [0, 0.1) is 17.8 Å². The molecule has 0 unspecified atom stereocenters. The molecule has 1 aliphatic carbocycles. The number of nitrogens with zero attached hydrogens (tertiary/aromatic N) is 1. The van der Waals surface area contributed by atoms with Gasteiger partial charge >= 0.3 is 0 Å². The normalized spacial score (nSPS) is 31.3. The number of hydrogen-bond acceptors (Lipinski definition) is 1. The van der Waals surface area contributed by atoms with E-state index in [1.54, 1.807) is 0 Å². The lowest BCUT2D eigenvalue weighted by Crippen LogP contribution is -2.58. The van der Waals surface area contributed by atoms with E-state index in [-0.39, 0.29) is 19.0 Å². The maximum atomic E-state index is 12.7. The number of halogens is 2. The van der Waals surface area contributed by atoms with Crippen LogP contribution in [-0.4, -0.2) is 29.8 Å². The van der Waals surface area contributed by atoms with Gasteiger partial charge in [-0.2, -0.15) is 0 Å². The minimum atomic E-state index is -2.63. The second kappa shape index (κ2) is 5.14. The van der Waals surface area contributed by atoms with E-state index in [9.17, 15) is 13.6 Å². The maximum Gasteiger partial charge on any atom is 0.282 e. The van der Waals surface area contributed by atoms with Crippen molar-refractivity contribution in [2.75, 3.05) is 13.1 Å². The Morgan fingerprint density at radius 3 is 2.22 bits per heavy atom. The van der Waals surface area contributed by atoms with E-state index in [1.165, 1.54) is 17.7 Å². The Hall–Kier alpha value is -0.670. The average molecular weight is 259 g/mol. The van der Waals surface area contributed by atoms with Crippen LogP contribution in [-0.2, 0) is 4.79 Å². The Balaban J connectivity index is 1.70. The van der Waals surface area contributed by atoms with E-state index in [0.717, 1.165) is 24.7 Å². The van der Waals surface area contributed by atoms with Crippen molar-refractivity contribution in [1.29, 1.82) is 0 Å². The lowest BCUT2D eigenvalue weighted by molar-refractivity contribution is -0.166. The fourth-order valence-corrected chi connectivity index (χ4v) is 3.12. The number of alkyl halides is 2. The standard InChI is InChI=1S/C14H23F2NO/c1-10(2)12-5-3-11(4-6-12)7-13(18)17-8-14(15,16)9-17/h10-12H,3-9H2,1-2H3. The van der Waals surface area contributed by atoms with Gasteiger partial charge in [-0.3, -0.25) is 4.79 Å². The molecule has 0 bridgehead atoms. The summed E-state index contributed by atoms with van der Waals surface area (Å²) in [5.74, 6) is -0.790. The zero-order chi connectivity index (χ0) is 13.3. The Bertz CT molecular complexity index is 301. The van der Waals surface area contributed by atoms with Crippen molar-refractivity contribution in [3.05, 3.63) is 0 Å². The first-order valence-electron chi connectivity index (χ1n) is 7.03. The third-order valence-corrected chi connectivity index (χ3v) is 4.49. The SMILES string of the molecule is CC(C)C1CCC(CC(=O)N2CC(F)(F)C2)CC1. The summed E-state index contributed by atoms with van der Waals surface area (Å²) in [4.78, 5) is 13.1. The van der Waals surface area contributed by atoms with Gasteiger partial charge in [0, 0.05) is 6.42 Å². The monoisotopic (exact) mass is 259 g/mol. The minimum absolute atomic E-state index is 0.0751. The minimum Gasteiger partial charge on any atom is -0.330 e. The molecule has 2 aliphatic rings. The lowest BCUT2D eigenvalue weighted by atomic mass is 9.76. The van der Waals surface area contributed by atoms with E-state index in [0.29, 0.717) is 12.3 Å². The van der Waals surface area contributed by atoms with Gasteiger partial charge in [0.2, 0.25) is 5.91 Å². The van der Waals surface area contributed by atoms with Crippen molar-refractivity contribution in [2.45, 2.75) is 51.9 Å². The average Bonchev–Trinajstić information content (AvgIpc) is 2.26. The topological polar surface area (TPSA) is 20.3 Å². The van der Waals surface area contributed by atoms with Crippen LogP contribution in [0.2, 0.25) is 0 Å². The summed E-state index contributed by atoms with van der Waals surface area (Å²) in [5, 5.41) is 0. The molecule has 1 heterocycles. The van der Waals surface area contributed by atoms with Crippen molar-refractivity contribution in [2.24, 2.45) is 17.8 Å². The highest BCUT2D eigenvalue weighted by Crippen LogP contribution is 2.36. The van der Waals surface area contributed by atoms with Crippen LogP contribution in [0.4, 0.5) is 8.78 Å². The quantitative estimate of drug-likeness (QED) is 0.761. The summed E-state index contributed by atoms with van der Waals surface area (Å²) >= 11 is 0. The molecule has 0 aromatic rings. The van der Waals surface area contributed by atoms with Gasteiger partial charge in [0.05, 0.1) is 13.1 Å². The van der Waals surface area contributed by atoms with Crippen molar-refractivity contribution >= 4 is 5.91 Å². The van der Waals surface area contributed by atoms with E-state index in [2.05, 4.69) is 13.8 Å². The highest BCUT2D eigenvalue weighted by atomic mass is 19.3. The summed E-state index contributed by atoms with van der Waals surface area (Å²) < 4.78 is 25.3. The molecule has 0 radical (unpaired) electrons. The molecule has 0 aromatic heterocycles. The van der Waals surface area contributed by atoms with Gasteiger partial charge in [-0.15, -0.1) is 0 Å². The summed E-state index contributed by atoms with van der Waals surface area (Å²) in [6, 6.07) is 0. The van der Waals surface area contributed by atoms with Crippen LogP contribution in [0.15, 0.2) is 0 Å². The largest absolute Gasteiger partial charge is 0.330 e. The molecule has 0 atom stereocenters. The number of carbonyl (C=O) groups is 1. The Kier molecular flexibility index (Phi) is 3.93. The number of carbonyl (C=O) groups excluding carboxylic acids is 1. The van der Waals surface area contributed by atoms with Crippen molar-refractivity contribution in [1.82, 2.24) is 4.90 Å². The Morgan fingerprint density at radius 1 is 1.22 bits per heavy atom. The molecule has 2 rings (SSSR count). The number of amides is 1. The molecule has 1 amide bonds. The summed E-state index contributed by atoms with van der Waals surface area (Å²) in [6.45, 7) is 3.76. The van der Waals surface area contributed by atoms with E-state index >= 15 is 0 Å². The van der Waals surface area contributed by atoms with E-state index in [1.807, 2.05) is 0 Å². The van der Waals surface area contributed by atoms with Gasteiger partial charge in [0.15, 0.2) is 0 Å². The first-order chi connectivity index (χ1) is 8.37. The van der Waals surface area contributed by atoms with Gasteiger partial charge in [-0.1, -0.05) is 13.8 Å². The molecule has 1 aliphatic heterocycles. The highest BCUT2D eigenvalue weighted by molar-refractivity contribution is 5.77. The van der Waals surface area contributed by atoms with Crippen molar-refractivity contribution < 1.29 is 13.6 Å². The predicted octanol–water partition coefficient (Wildman–Crippen LogP) is 3.32. The third-order valence-electron chi connectivity index (χ3n) is 4.49. The maximum absolute atomic E-state index is 12.7. The Labute approximate surface area is 108 Å². The fourth-order valence-electron chi connectivity index (χ4n) is 3.12. The van der Waals surface area contributed by atoms with Crippen molar-refractivity contribution in [3.8, 4) is 0 Å². The molecule has 0 aromatic carbocycles. The molecule has 4 heteroatoms. The van der Waals surface area contributed by atoms with Crippen LogP contribution in [0.3, 0.4) is 0 Å². The summed E-state index contributed by atoms with van der Waals surface area (Å²) in [7, 11) is 0. The second-order valence-corrected chi connectivity index (χ2v) is 6.33. The molecular formula is C14H23F2NO. The first-order valence-corrected chi connectivity index (χ1v) is 7.03. The van der Waals surface area contributed by atoms with Gasteiger partial charge in [-0.05, 0) is 43.4 Å². The smallest absolute Gasteiger partial charge is 0.282 e. The zero-order valence-corrected chi connectivity index (χ0v) is 11.3. The number of hydrogen-bond donors (Lipinski definition) is 0. The summed E-state index contributed by atoms with van der Waals surface area (Å²) in [5.41, 5.74) is 0. The summed E-state index contributed by atoms with van der Waals surface area (Å²) in [6.07, 6.45) is 5.01. The van der Waals surface area contributed by atoms with Crippen LogP contribution >= 0.6 is 0 Å². The van der Waals surface area contributed by atoms with Gasteiger partial charge < -0.3 is 4.90 Å². The van der Waals surface area contributed by atoms with E-state index in [4.69, 9.17) is 0 Å². The fraction of sp³-hybridized carbons (Fsp3) is 0.929. The molecule has 2 nitrogen and oxygen atoms in total. The molecule has 0 N–H and O–H groups in total. The molecule has 1 saturated heterocycles. The molecular weight excluding hydrogens is 236 g/mol. The molecule has 0 spiro atoms. The zero-order valence-electron chi connectivity index (χ0n) is 11.3. The van der Waals surface area contributed by atoms with Crippen LogP contribution in [0.1, 0.15) is 46.0 Å². The lowest BCUT2D eigenvalue weighted by Gasteiger charge is -2.40. The second-order valence-electron chi connectivity index (χ2n) is 6.33. The van der Waals surface area contributed by atoms with Crippen molar-refractivity contribution in [3.63, 3.8) is 0 Å². The molecule has 1 saturated carbocycles. The highest BCUT2D eigenvalue weighted by Gasteiger charge is 2.46. The van der Waals surface area contributed by atoms with Gasteiger partial charge in [0.25, 0.3) is 5.92 Å². The van der Waals surface area contributed by atoms with Crippen LogP contribution in [0.5, 0.6) is 0 Å². The van der Waals surface area contributed by atoms with E-state index < -0.39 is 5.92 Å². The van der Waals surface area contributed by atoms with Gasteiger partial charge in [-0.25, -0.2) is 8.78 Å². The Morgan fingerprint density at radius 2 is 1.78 bits per heavy atom. The molecule has 2 fully saturated rings. The first kappa shape index (κ1) is 13.8. The van der Waals surface area contributed by atoms with Crippen LogP contribution < -0.4 is 0 Å². The van der Waals surface area contributed by atoms with Gasteiger partial charge in [0.1, 0.15) is 0 Å². The third kappa shape index (κ3) is 3.21. The van der Waals surface area contributed by atoms with Crippen LogP contribution in [0.25, 0.3) is 0 Å². The number of likely N-dealkylation sites (tertiary alicyclic amines) is 1.